The number of nitrogens with zero attached hydrogens (tertiary/aromatic N) is 2. The normalized spacial score (nSPS) is 10.5. The Balaban J connectivity index is 2.01. The van der Waals surface area contributed by atoms with Gasteiger partial charge in [0.2, 0.25) is 0 Å². The molecule has 2 aromatic rings. The summed E-state index contributed by atoms with van der Waals surface area (Å²) in [6.45, 7) is 0. The van der Waals surface area contributed by atoms with Crippen molar-refractivity contribution in [1.82, 2.24) is 9.78 Å². The molecule has 0 aliphatic carbocycles. The lowest BCUT2D eigenvalue weighted by atomic mass is 9.80. The first kappa shape index (κ1) is 12.2. The van der Waals surface area contributed by atoms with Crippen molar-refractivity contribution in [2.24, 2.45) is 7.05 Å². The van der Waals surface area contributed by atoms with E-state index in [4.69, 9.17) is 10.0 Å². The second-order valence-corrected chi connectivity index (χ2v) is 4.81. The molecule has 1 heterocycles. The Kier molecular flexibility index (Phi) is 3.88. The zero-order valence-electron chi connectivity index (χ0n) is 9.45. The van der Waals surface area contributed by atoms with Gasteiger partial charge in [-0.25, -0.2) is 0 Å². The second-order valence-electron chi connectivity index (χ2n) is 3.76. The summed E-state index contributed by atoms with van der Waals surface area (Å²) in [5, 5.41) is 22.2. The fourth-order valence-electron chi connectivity index (χ4n) is 1.48. The van der Waals surface area contributed by atoms with Crippen LogP contribution in [0.25, 0.3) is 0 Å². The number of aryl methyl sites for hydroxylation is 1. The van der Waals surface area contributed by atoms with Crippen LogP contribution in [0.4, 0.5) is 0 Å². The first-order valence-corrected chi connectivity index (χ1v) is 6.20. The van der Waals surface area contributed by atoms with Gasteiger partial charge in [0.15, 0.2) is 0 Å². The largest absolute Gasteiger partial charge is 0.488 e. The predicted molar refractivity (Wildman–Crippen MR) is 69.0 cm³/mol. The van der Waals surface area contributed by atoms with E-state index >= 15 is 0 Å². The van der Waals surface area contributed by atoms with Gasteiger partial charge >= 0.3 is 7.12 Å². The first-order valence-electron chi connectivity index (χ1n) is 5.21. The Morgan fingerprint density at radius 2 is 2.24 bits per heavy atom. The molecule has 1 aromatic heterocycles. The Morgan fingerprint density at radius 3 is 2.88 bits per heavy atom. The molecule has 0 fully saturated rings. The van der Waals surface area contributed by atoms with Crippen LogP contribution in [0.1, 0.15) is 5.56 Å². The van der Waals surface area contributed by atoms with Crippen LogP contribution >= 0.6 is 11.8 Å². The van der Waals surface area contributed by atoms with Crippen LogP contribution in [-0.2, 0) is 12.8 Å². The highest BCUT2D eigenvalue weighted by Gasteiger charge is 2.10. The van der Waals surface area contributed by atoms with Crippen molar-refractivity contribution in [2.45, 2.75) is 10.6 Å². The molecule has 0 saturated heterocycles. The van der Waals surface area contributed by atoms with Crippen molar-refractivity contribution in [2.75, 3.05) is 0 Å². The van der Waals surface area contributed by atoms with E-state index in [1.165, 1.54) is 0 Å². The highest BCUT2D eigenvalue weighted by molar-refractivity contribution is 7.98. The molecule has 1 aromatic carbocycles. The molecular formula is C11H13BN2O2S. The van der Waals surface area contributed by atoms with Crippen molar-refractivity contribution in [3.05, 3.63) is 42.2 Å². The number of benzene rings is 1. The average Bonchev–Trinajstić information content (AvgIpc) is 2.73. The maximum atomic E-state index is 9.07. The lowest BCUT2D eigenvalue weighted by Crippen LogP contribution is -2.29. The number of rotatable bonds is 4. The lowest BCUT2D eigenvalue weighted by molar-refractivity contribution is 0.425. The molecule has 6 heteroatoms. The molecule has 2 N–H and O–H groups in total. The summed E-state index contributed by atoms with van der Waals surface area (Å²) in [6.07, 6.45) is 3.77. The topological polar surface area (TPSA) is 58.3 Å². The Hall–Kier alpha value is -1.24. The molecule has 0 aliphatic rings. The molecule has 17 heavy (non-hydrogen) atoms. The molecule has 4 nitrogen and oxygen atoms in total. The zero-order valence-corrected chi connectivity index (χ0v) is 10.3. The van der Waals surface area contributed by atoms with Crippen molar-refractivity contribution in [3.63, 3.8) is 0 Å². The fourth-order valence-corrected chi connectivity index (χ4v) is 2.35. The number of hydrogen-bond acceptors (Lipinski definition) is 4. The number of thioether (sulfide) groups is 1. The van der Waals surface area contributed by atoms with E-state index in [1.807, 2.05) is 31.6 Å². The minimum atomic E-state index is -1.40. The van der Waals surface area contributed by atoms with E-state index in [1.54, 1.807) is 28.6 Å². The average molecular weight is 248 g/mol. The third-order valence-corrected chi connectivity index (χ3v) is 3.36. The van der Waals surface area contributed by atoms with Gasteiger partial charge in [-0.1, -0.05) is 24.3 Å². The maximum Gasteiger partial charge on any atom is 0.488 e. The van der Waals surface area contributed by atoms with Gasteiger partial charge in [0, 0.05) is 23.9 Å². The maximum absolute atomic E-state index is 9.07. The van der Waals surface area contributed by atoms with Gasteiger partial charge in [0.25, 0.3) is 0 Å². The molecule has 0 atom stereocenters. The molecule has 0 bridgehead atoms. The SMILES string of the molecule is Cn1cc(SCc2cccc(B(O)O)c2)cn1. The molecule has 88 valence electrons. The minimum Gasteiger partial charge on any atom is -0.423 e. The molecule has 0 radical (unpaired) electrons. The zero-order chi connectivity index (χ0) is 12.3. The minimum absolute atomic E-state index is 0.522. The third-order valence-electron chi connectivity index (χ3n) is 2.34. The predicted octanol–water partition coefficient (Wildman–Crippen LogP) is 0.392. The summed E-state index contributed by atoms with van der Waals surface area (Å²) in [5.41, 5.74) is 1.58. The summed E-state index contributed by atoms with van der Waals surface area (Å²) >= 11 is 1.67. The van der Waals surface area contributed by atoms with E-state index in [-0.39, 0.29) is 0 Å². The van der Waals surface area contributed by atoms with Gasteiger partial charge < -0.3 is 10.0 Å². The molecule has 0 amide bonds. The van der Waals surface area contributed by atoms with Crippen LogP contribution in [0.15, 0.2) is 41.6 Å². The lowest BCUT2D eigenvalue weighted by Gasteiger charge is -2.03. The van der Waals surface area contributed by atoms with Gasteiger partial charge in [0.1, 0.15) is 0 Å². The molecular weight excluding hydrogens is 235 g/mol. The second kappa shape index (κ2) is 5.40. The van der Waals surface area contributed by atoms with Gasteiger partial charge in [-0.3, -0.25) is 4.68 Å². The van der Waals surface area contributed by atoms with E-state index in [0.29, 0.717) is 5.46 Å². The smallest absolute Gasteiger partial charge is 0.423 e. The van der Waals surface area contributed by atoms with Crippen molar-refractivity contribution in [1.29, 1.82) is 0 Å². The van der Waals surface area contributed by atoms with Gasteiger partial charge in [-0.05, 0) is 11.0 Å². The van der Waals surface area contributed by atoms with Crippen LogP contribution < -0.4 is 5.46 Å². The quantitative estimate of drug-likeness (QED) is 0.607. The van der Waals surface area contributed by atoms with Crippen molar-refractivity contribution >= 4 is 24.3 Å². The summed E-state index contributed by atoms with van der Waals surface area (Å²) in [6, 6.07) is 7.29. The van der Waals surface area contributed by atoms with Crippen LogP contribution in [0, 0.1) is 0 Å². The molecule has 0 saturated carbocycles. The van der Waals surface area contributed by atoms with Gasteiger partial charge in [-0.2, -0.15) is 5.10 Å². The van der Waals surface area contributed by atoms with E-state index in [0.717, 1.165) is 16.2 Å². The molecule has 0 spiro atoms. The number of hydrogen-bond donors (Lipinski definition) is 2. The monoisotopic (exact) mass is 248 g/mol. The molecule has 2 rings (SSSR count). The highest BCUT2D eigenvalue weighted by atomic mass is 32.2. The van der Waals surface area contributed by atoms with Crippen LogP contribution in [0.2, 0.25) is 0 Å². The van der Waals surface area contributed by atoms with Crippen LogP contribution in [0.5, 0.6) is 0 Å². The third kappa shape index (κ3) is 3.36. The Labute approximate surface area is 104 Å². The number of aromatic nitrogens is 2. The molecule has 0 unspecified atom stereocenters. The summed E-state index contributed by atoms with van der Waals surface area (Å²) < 4.78 is 1.76. The summed E-state index contributed by atoms with van der Waals surface area (Å²) in [7, 11) is 0.477. The van der Waals surface area contributed by atoms with E-state index in [9.17, 15) is 0 Å². The highest BCUT2D eigenvalue weighted by Crippen LogP contribution is 2.21. The summed E-state index contributed by atoms with van der Waals surface area (Å²) in [5.74, 6) is 0.784. The Morgan fingerprint density at radius 1 is 1.41 bits per heavy atom. The van der Waals surface area contributed by atoms with Gasteiger partial charge in [0.05, 0.1) is 6.20 Å². The van der Waals surface area contributed by atoms with Crippen LogP contribution in [-0.4, -0.2) is 26.9 Å². The van der Waals surface area contributed by atoms with Crippen LogP contribution in [0.3, 0.4) is 0 Å². The summed E-state index contributed by atoms with van der Waals surface area (Å²) in [4.78, 5) is 1.10. The first-order chi connectivity index (χ1) is 8.15. The Bertz CT molecular complexity index is 502. The standard InChI is InChI=1S/C11H13BN2O2S/c1-14-7-11(6-13-14)17-8-9-3-2-4-10(5-9)12(15)16/h2-7,15-16H,8H2,1H3. The molecule has 0 aliphatic heterocycles. The fraction of sp³-hybridized carbons (Fsp3) is 0.182. The van der Waals surface area contributed by atoms with E-state index < -0.39 is 7.12 Å². The van der Waals surface area contributed by atoms with Crippen molar-refractivity contribution < 1.29 is 10.0 Å². The van der Waals surface area contributed by atoms with Gasteiger partial charge in [-0.15, -0.1) is 11.8 Å². The van der Waals surface area contributed by atoms with Crippen molar-refractivity contribution in [3.8, 4) is 0 Å². The van der Waals surface area contributed by atoms with E-state index in [2.05, 4.69) is 5.10 Å².